The van der Waals surface area contributed by atoms with Crippen molar-refractivity contribution in [3.05, 3.63) is 141 Å². The molecule has 2 aliphatic rings. The summed E-state index contributed by atoms with van der Waals surface area (Å²) < 4.78 is 28.3. The molecule has 0 radical (unpaired) electrons. The van der Waals surface area contributed by atoms with Crippen molar-refractivity contribution in [1.29, 1.82) is 0 Å². The molecule has 69 heavy (non-hydrogen) atoms. The molecule has 0 aromatic heterocycles. The molecule has 6 rings (SSSR count). The molecule has 4 aromatic carbocycles. The van der Waals surface area contributed by atoms with Gasteiger partial charge in [0.1, 0.15) is 17.3 Å². The van der Waals surface area contributed by atoms with Crippen molar-refractivity contribution in [2.24, 2.45) is 11.8 Å². The first-order chi connectivity index (χ1) is 32.9. The number of carbonyl (C=O) groups is 5. The Morgan fingerprint density at radius 3 is 1.36 bits per heavy atom. The number of para-hydroxylation sites is 2. The van der Waals surface area contributed by atoms with Gasteiger partial charge in [0.25, 0.3) is 0 Å². The maximum atomic E-state index is 13.0. The van der Waals surface area contributed by atoms with Gasteiger partial charge < -0.3 is 19.7 Å². The third kappa shape index (κ3) is 17.0. The monoisotopic (exact) mass is 1140 g/mol. The van der Waals surface area contributed by atoms with Crippen LogP contribution >= 0.6 is 0 Å². The fourth-order valence-electron chi connectivity index (χ4n) is 8.84. The van der Waals surface area contributed by atoms with E-state index in [2.05, 4.69) is 32.9 Å². The van der Waals surface area contributed by atoms with E-state index >= 15 is 0 Å². The van der Waals surface area contributed by atoms with Crippen LogP contribution in [-0.2, 0) is 57.7 Å². The van der Waals surface area contributed by atoms with Crippen LogP contribution in [0.3, 0.4) is 0 Å². The van der Waals surface area contributed by atoms with Crippen molar-refractivity contribution in [2.45, 2.75) is 127 Å². The molecule has 370 valence electrons. The molecule has 2 atom stereocenters. The molecule has 13 heteroatoms. The zero-order valence-electron chi connectivity index (χ0n) is 41.8. The number of aryl methyl sites for hydroxylation is 6. The number of ketones is 2. The number of rotatable bonds is 17. The summed E-state index contributed by atoms with van der Waals surface area (Å²) in [5.41, 5.74) is 7.82. The van der Waals surface area contributed by atoms with Crippen LogP contribution in [0, 0.1) is 25.7 Å². The van der Waals surface area contributed by atoms with Crippen LogP contribution in [0.1, 0.15) is 126 Å². The second-order valence-corrected chi connectivity index (χ2v) is 26.1. The Morgan fingerprint density at radius 1 is 0.580 bits per heavy atom. The Morgan fingerprint density at radius 2 is 0.986 bits per heavy atom. The molecule has 2 unspecified atom stereocenters. The molecule has 0 saturated carbocycles. The number of benzene rings is 4. The van der Waals surface area contributed by atoms with E-state index in [-0.39, 0.29) is 34.9 Å². The van der Waals surface area contributed by atoms with Crippen molar-refractivity contribution < 1.29 is 51.7 Å². The SMILES string of the molecule is CCc1cc(C)cc(CC)[c]1[Pb]([O]C(C)=O)([O]C(C)=O)[O]C(C)=O.CCc1cc(C)cc(CC)c1C1=C(O)CC(CCOc2ccccc2)CC1=O.O=C1C=C(O)CC(CCOc2ccccc2)C1. The molecule has 0 fully saturated rings. The zero-order valence-corrected chi connectivity index (χ0v) is 45.7. The number of Topliss-reactive ketones (excluding diaryl/α,β-unsaturated/α-hetero) is 1. The molecule has 0 amide bonds. The largest absolute Gasteiger partial charge is 0.512 e. The van der Waals surface area contributed by atoms with Crippen molar-refractivity contribution in [3.8, 4) is 11.5 Å². The normalized spacial score (nSPS) is 15.6. The van der Waals surface area contributed by atoms with Gasteiger partial charge in [-0.15, -0.1) is 0 Å². The van der Waals surface area contributed by atoms with E-state index < -0.39 is 40.4 Å². The van der Waals surface area contributed by atoms with Crippen LogP contribution in [0.5, 0.6) is 11.5 Å². The molecule has 0 heterocycles. The van der Waals surface area contributed by atoms with Crippen LogP contribution in [0.2, 0.25) is 0 Å². The van der Waals surface area contributed by atoms with Gasteiger partial charge in [-0.2, -0.15) is 0 Å². The van der Waals surface area contributed by atoms with Crippen LogP contribution in [0.15, 0.2) is 103 Å². The van der Waals surface area contributed by atoms with E-state index in [1.54, 1.807) is 0 Å². The van der Waals surface area contributed by atoms with Crippen molar-refractivity contribution in [1.82, 2.24) is 0 Å². The number of hydrogen-bond acceptors (Lipinski definition) is 12. The summed E-state index contributed by atoms with van der Waals surface area (Å²) in [6, 6.07) is 27.5. The fourth-order valence-corrected chi connectivity index (χ4v) is 19.9. The second kappa shape index (κ2) is 27.4. The van der Waals surface area contributed by atoms with Gasteiger partial charge in [0.15, 0.2) is 11.6 Å². The Labute approximate surface area is 414 Å². The number of allylic oxidation sites excluding steroid dienone is 4. The molecular weight excluding hydrogens is 1070 g/mol. The Bertz CT molecular complexity index is 2370. The van der Waals surface area contributed by atoms with Crippen LogP contribution in [0.25, 0.3) is 5.57 Å². The van der Waals surface area contributed by atoms with Crippen molar-refractivity contribution in [3.63, 3.8) is 0 Å². The topological polar surface area (TPSA) is 172 Å². The number of aliphatic hydroxyl groups is 2. The molecule has 0 spiro atoms. The van der Waals surface area contributed by atoms with Gasteiger partial charge in [-0.1, -0.05) is 67.9 Å². The second-order valence-electron chi connectivity index (χ2n) is 17.5. The minimum atomic E-state index is -5.17. The number of carbonyl (C=O) groups excluding carboxylic acids is 5. The first kappa shape index (κ1) is 55.8. The smallest absolute Gasteiger partial charge is 0.167 e. The quantitative estimate of drug-likeness (QED) is 0.0960. The molecule has 2 N–H and O–H groups in total. The third-order valence-corrected chi connectivity index (χ3v) is 23.1. The Kier molecular flexibility index (Phi) is 22.2. The van der Waals surface area contributed by atoms with Crippen molar-refractivity contribution >= 4 is 60.7 Å². The average molecular weight is 1140 g/mol. The van der Waals surface area contributed by atoms with Gasteiger partial charge in [-0.3, -0.25) is 9.59 Å². The van der Waals surface area contributed by atoms with E-state index in [0.29, 0.717) is 60.4 Å². The van der Waals surface area contributed by atoms with E-state index in [1.165, 1.54) is 32.4 Å². The van der Waals surface area contributed by atoms with Gasteiger partial charge in [0.2, 0.25) is 0 Å². The summed E-state index contributed by atoms with van der Waals surface area (Å²) in [6.07, 6.45) is 7.96. The minimum Gasteiger partial charge on any atom is -0.512 e. The molecular formula is C56H70O12Pb. The standard InChI is InChI=1S/C25H30O3.C14H16O3.C11H15.3C2H4O2.Pb/c1-4-19-13-17(3)14-20(5-2)24(19)25-22(26)15-18(16-23(25)27)11-12-28-21-9-7-6-8-10-21;15-12-8-11(9-13(16)10-12)6-7-17-14-4-2-1-3-5-14;1-4-10-6-9(3)7-11(5-2)8-10;3*1-2(3)4;/h6-10,13-14,18,26H,4-5,11-12,15-16H2,1-3H3;1-5,10-11,15H,6-9H2;6-7H,4-5H2,1-3H3;3*1H3,(H,3,4);/q;;;;;;+3/p-3. The molecule has 0 aliphatic heterocycles. The summed E-state index contributed by atoms with van der Waals surface area (Å²) in [5.74, 6) is 0.619. The average Bonchev–Trinajstić information content (AvgIpc) is 3.28. The van der Waals surface area contributed by atoms with Crippen molar-refractivity contribution in [2.75, 3.05) is 13.2 Å². The van der Waals surface area contributed by atoms with Gasteiger partial charge in [-0.25, -0.2) is 0 Å². The van der Waals surface area contributed by atoms with E-state index in [9.17, 15) is 34.2 Å². The molecule has 4 aromatic rings. The third-order valence-electron chi connectivity index (χ3n) is 11.7. The summed E-state index contributed by atoms with van der Waals surface area (Å²) >= 11 is -5.17. The van der Waals surface area contributed by atoms with E-state index in [1.807, 2.05) is 93.6 Å². The first-order valence-corrected chi connectivity index (χ1v) is 30.7. The van der Waals surface area contributed by atoms with E-state index in [0.717, 1.165) is 70.6 Å². The molecule has 12 nitrogen and oxygen atoms in total. The predicted molar refractivity (Wildman–Crippen MR) is 269 cm³/mol. The maximum Gasteiger partial charge on any atom is 0.167 e. The van der Waals surface area contributed by atoms with Crippen LogP contribution in [0.4, 0.5) is 0 Å². The minimum absolute atomic E-state index is 0.0125. The molecule has 0 saturated heterocycles. The summed E-state index contributed by atoms with van der Waals surface area (Å²) in [7, 11) is 0. The molecule has 2 aliphatic carbocycles. The zero-order chi connectivity index (χ0) is 50.7. The van der Waals surface area contributed by atoms with Gasteiger partial charge in [0, 0.05) is 31.8 Å². The van der Waals surface area contributed by atoms with Crippen LogP contribution in [-0.4, -0.2) is 75.4 Å². The van der Waals surface area contributed by atoms with Gasteiger partial charge in [0.05, 0.1) is 24.5 Å². The predicted octanol–water partition coefficient (Wildman–Crippen LogP) is 10.7. The summed E-state index contributed by atoms with van der Waals surface area (Å²) in [6.45, 7) is 16.9. The Balaban J connectivity index is 0.000000232. The first-order valence-electron chi connectivity index (χ1n) is 24.0. The van der Waals surface area contributed by atoms with E-state index in [4.69, 9.17) is 17.5 Å². The van der Waals surface area contributed by atoms with Crippen LogP contribution < -0.4 is 12.6 Å². The molecule has 0 bridgehead atoms. The van der Waals surface area contributed by atoms with Gasteiger partial charge >= 0.3 is 149 Å². The Hall–Kier alpha value is -5.77. The van der Waals surface area contributed by atoms with Gasteiger partial charge in [-0.05, 0) is 85.4 Å². The number of aliphatic hydroxyl groups excluding tert-OH is 2. The summed E-state index contributed by atoms with van der Waals surface area (Å²) in [5, 5.41) is 20.2. The number of hydrogen-bond donors (Lipinski definition) is 2. The summed E-state index contributed by atoms with van der Waals surface area (Å²) in [4.78, 5) is 59.4. The maximum absolute atomic E-state index is 13.0. The fraction of sp³-hybridized carbons (Fsp3) is 0.411. The number of ether oxygens (including phenoxy) is 2.